The van der Waals surface area contributed by atoms with Crippen molar-refractivity contribution >= 4 is 17.5 Å². The highest BCUT2D eigenvalue weighted by atomic mass is 16.5. The van der Waals surface area contributed by atoms with Crippen LogP contribution in [0.2, 0.25) is 0 Å². The van der Waals surface area contributed by atoms with Crippen molar-refractivity contribution in [3.63, 3.8) is 0 Å². The minimum atomic E-state index is -0.395. The van der Waals surface area contributed by atoms with Crippen LogP contribution in [-0.2, 0) is 23.0 Å². The SMILES string of the molecule is CC(=O)OC1Cc2ccccc2C1Nc1c(C)nc(-c2cnc(N(C)C)cc2C)n(C)c1=O. The van der Waals surface area contributed by atoms with Crippen molar-refractivity contribution < 1.29 is 9.53 Å². The van der Waals surface area contributed by atoms with Crippen LogP contribution < -0.4 is 15.8 Å². The zero-order valence-electron chi connectivity index (χ0n) is 19.8. The van der Waals surface area contributed by atoms with Crippen molar-refractivity contribution in [2.75, 3.05) is 24.3 Å². The van der Waals surface area contributed by atoms with E-state index in [1.807, 2.05) is 63.2 Å². The summed E-state index contributed by atoms with van der Waals surface area (Å²) in [7, 11) is 5.58. The van der Waals surface area contributed by atoms with Crippen LogP contribution >= 0.6 is 0 Å². The fourth-order valence-electron chi connectivity index (χ4n) is 4.34. The van der Waals surface area contributed by atoms with E-state index < -0.39 is 6.10 Å². The standard InChI is InChI=1S/C25H29N5O3/c1-14-11-21(29(4)5)26-13-19(14)24-27-15(2)22(25(32)30(24)6)28-23-18-10-8-7-9-17(18)12-20(23)33-16(3)31/h7-11,13,20,23,28H,12H2,1-6H3. The molecule has 0 saturated heterocycles. The molecule has 0 fully saturated rings. The third kappa shape index (κ3) is 4.20. The quantitative estimate of drug-likeness (QED) is 0.601. The van der Waals surface area contributed by atoms with Gasteiger partial charge in [-0.15, -0.1) is 0 Å². The van der Waals surface area contributed by atoms with E-state index in [2.05, 4.69) is 10.3 Å². The molecule has 2 atom stereocenters. The van der Waals surface area contributed by atoms with Crippen molar-refractivity contribution in [1.82, 2.24) is 14.5 Å². The molecule has 0 amide bonds. The largest absolute Gasteiger partial charge is 0.460 e. The molecule has 2 aromatic heterocycles. The number of carbonyl (C=O) groups excluding carboxylic acids is 1. The zero-order valence-corrected chi connectivity index (χ0v) is 19.8. The Morgan fingerprint density at radius 2 is 1.97 bits per heavy atom. The Hall–Kier alpha value is -3.68. The summed E-state index contributed by atoms with van der Waals surface area (Å²) in [6.45, 7) is 5.20. The molecule has 1 aliphatic rings. The topological polar surface area (TPSA) is 89.3 Å². The number of benzene rings is 1. The lowest BCUT2D eigenvalue weighted by molar-refractivity contribution is -0.146. The van der Waals surface area contributed by atoms with Gasteiger partial charge in [-0.2, -0.15) is 0 Å². The van der Waals surface area contributed by atoms with Gasteiger partial charge in [0, 0.05) is 46.2 Å². The Kier molecular flexibility index (Phi) is 5.93. The van der Waals surface area contributed by atoms with Gasteiger partial charge in [-0.3, -0.25) is 14.2 Å². The molecule has 0 aliphatic heterocycles. The lowest BCUT2D eigenvalue weighted by atomic mass is 10.1. The van der Waals surface area contributed by atoms with E-state index in [-0.39, 0.29) is 17.6 Å². The number of aromatic nitrogens is 3. The Morgan fingerprint density at radius 1 is 1.24 bits per heavy atom. The normalized spacial score (nSPS) is 16.9. The van der Waals surface area contributed by atoms with Crippen LogP contribution in [0.3, 0.4) is 0 Å². The average Bonchev–Trinajstić information content (AvgIpc) is 3.10. The van der Waals surface area contributed by atoms with Crippen LogP contribution in [0.15, 0.2) is 41.3 Å². The molecule has 2 heterocycles. The first-order valence-corrected chi connectivity index (χ1v) is 10.9. The minimum Gasteiger partial charge on any atom is -0.460 e. The minimum absolute atomic E-state index is 0.195. The molecule has 3 aromatic rings. The Labute approximate surface area is 193 Å². The lowest BCUT2D eigenvalue weighted by Gasteiger charge is -2.24. The second kappa shape index (κ2) is 8.69. The predicted octanol–water partition coefficient (Wildman–Crippen LogP) is 3.17. The molecular weight excluding hydrogens is 418 g/mol. The van der Waals surface area contributed by atoms with Gasteiger partial charge in [0.15, 0.2) is 0 Å². The number of nitrogens with zero attached hydrogens (tertiary/aromatic N) is 4. The number of hydrogen-bond donors (Lipinski definition) is 1. The summed E-state index contributed by atoms with van der Waals surface area (Å²) in [6, 6.07) is 9.58. The number of anilines is 2. The Morgan fingerprint density at radius 3 is 2.64 bits per heavy atom. The first-order chi connectivity index (χ1) is 15.7. The maximum Gasteiger partial charge on any atom is 0.302 e. The first kappa shape index (κ1) is 22.5. The molecule has 1 aromatic carbocycles. The van der Waals surface area contributed by atoms with Crippen molar-refractivity contribution in [3.8, 4) is 11.4 Å². The number of rotatable bonds is 5. The second-order valence-corrected chi connectivity index (χ2v) is 8.68. The number of fused-ring (bicyclic) bond motifs is 1. The highest BCUT2D eigenvalue weighted by Gasteiger charge is 2.35. The van der Waals surface area contributed by atoms with Gasteiger partial charge in [0.25, 0.3) is 5.56 Å². The van der Waals surface area contributed by atoms with E-state index in [9.17, 15) is 9.59 Å². The van der Waals surface area contributed by atoms with E-state index >= 15 is 0 Å². The molecule has 8 nitrogen and oxygen atoms in total. The molecule has 0 saturated carbocycles. The smallest absolute Gasteiger partial charge is 0.302 e. The van der Waals surface area contributed by atoms with Gasteiger partial charge in [0.05, 0.1) is 11.7 Å². The molecule has 8 heteroatoms. The molecular formula is C25H29N5O3. The van der Waals surface area contributed by atoms with Gasteiger partial charge in [-0.1, -0.05) is 24.3 Å². The molecule has 33 heavy (non-hydrogen) atoms. The molecule has 0 bridgehead atoms. The molecule has 2 unspecified atom stereocenters. The number of pyridine rings is 1. The summed E-state index contributed by atoms with van der Waals surface area (Å²) in [5, 5.41) is 3.35. The third-order valence-electron chi connectivity index (χ3n) is 6.07. The highest BCUT2D eigenvalue weighted by Crippen LogP contribution is 2.36. The third-order valence-corrected chi connectivity index (χ3v) is 6.07. The van der Waals surface area contributed by atoms with E-state index in [0.29, 0.717) is 23.6 Å². The molecule has 1 N–H and O–H groups in total. The second-order valence-electron chi connectivity index (χ2n) is 8.68. The van der Waals surface area contributed by atoms with Crippen molar-refractivity contribution in [1.29, 1.82) is 0 Å². The van der Waals surface area contributed by atoms with Crippen LogP contribution in [0.5, 0.6) is 0 Å². The number of esters is 1. The number of hydrogen-bond acceptors (Lipinski definition) is 7. The molecule has 0 radical (unpaired) electrons. The lowest BCUT2D eigenvalue weighted by Crippen LogP contribution is -2.31. The molecule has 172 valence electrons. The van der Waals surface area contributed by atoms with Gasteiger partial charge >= 0.3 is 5.97 Å². The van der Waals surface area contributed by atoms with Gasteiger partial charge in [0.2, 0.25) is 0 Å². The van der Waals surface area contributed by atoms with Gasteiger partial charge in [0.1, 0.15) is 23.4 Å². The average molecular weight is 448 g/mol. The van der Waals surface area contributed by atoms with Crippen LogP contribution in [0.4, 0.5) is 11.5 Å². The fourth-order valence-corrected chi connectivity index (χ4v) is 4.34. The van der Waals surface area contributed by atoms with Crippen molar-refractivity contribution in [3.05, 3.63) is 69.3 Å². The van der Waals surface area contributed by atoms with E-state index in [4.69, 9.17) is 9.72 Å². The van der Waals surface area contributed by atoms with Crippen LogP contribution in [0, 0.1) is 13.8 Å². The summed E-state index contributed by atoms with van der Waals surface area (Å²) >= 11 is 0. The summed E-state index contributed by atoms with van der Waals surface area (Å²) in [4.78, 5) is 36.3. The zero-order chi connectivity index (χ0) is 23.9. The number of nitrogens with one attached hydrogen (secondary N) is 1. The molecule has 1 aliphatic carbocycles. The van der Waals surface area contributed by atoms with Gasteiger partial charge in [-0.25, -0.2) is 9.97 Å². The first-order valence-electron chi connectivity index (χ1n) is 10.9. The number of carbonyl (C=O) groups is 1. The fraction of sp³-hybridized carbons (Fsp3) is 0.360. The van der Waals surface area contributed by atoms with E-state index in [0.717, 1.165) is 28.1 Å². The molecule has 0 spiro atoms. The Balaban J connectivity index is 1.74. The monoisotopic (exact) mass is 447 g/mol. The van der Waals surface area contributed by atoms with E-state index in [1.165, 1.54) is 11.5 Å². The predicted molar refractivity (Wildman–Crippen MR) is 129 cm³/mol. The van der Waals surface area contributed by atoms with Gasteiger partial charge < -0.3 is 15.0 Å². The summed E-state index contributed by atoms with van der Waals surface area (Å²) < 4.78 is 7.12. The van der Waals surface area contributed by atoms with Crippen LogP contribution in [0.25, 0.3) is 11.4 Å². The van der Waals surface area contributed by atoms with Crippen molar-refractivity contribution in [2.24, 2.45) is 7.05 Å². The highest BCUT2D eigenvalue weighted by molar-refractivity contribution is 5.67. The van der Waals surface area contributed by atoms with E-state index in [1.54, 1.807) is 13.2 Å². The summed E-state index contributed by atoms with van der Waals surface area (Å²) in [5.41, 5.74) is 4.69. The summed E-state index contributed by atoms with van der Waals surface area (Å²) in [6.07, 6.45) is 1.96. The summed E-state index contributed by atoms with van der Waals surface area (Å²) in [5.74, 6) is 1.05. The maximum atomic E-state index is 13.4. The van der Waals surface area contributed by atoms with Crippen molar-refractivity contribution in [2.45, 2.75) is 39.3 Å². The van der Waals surface area contributed by atoms with Gasteiger partial charge in [-0.05, 0) is 36.6 Å². The number of ether oxygens (including phenoxy) is 1. The Bertz CT molecular complexity index is 1280. The van der Waals surface area contributed by atoms with Crippen LogP contribution in [-0.4, -0.2) is 40.7 Å². The maximum absolute atomic E-state index is 13.4. The van der Waals surface area contributed by atoms with Crippen LogP contribution in [0.1, 0.15) is 35.3 Å². The molecule has 4 rings (SSSR count). The number of aryl methyl sites for hydroxylation is 2.